The van der Waals surface area contributed by atoms with Crippen molar-refractivity contribution in [2.75, 3.05) is 7.11 Å². The van der Waals surface area contributed by atoms with Crippen molar-refractivity contribution in [2.45, 2.75) is 17.8 Å². The molecule has 3 rings (SSSR count). The van der Waals surface area contributed by atoms with Gasteiger partial charge in [0.1, 0.15) is 5.65 Å². The second-order valence-corrected chi connectivity index (χ2v) is 6.14. The average Bonchev–Trinajstić information content (AvgIpc) is 2.60. The number of hydrogen-bond acceptors (Lipinski definition) is 6. The summed E-state index contributed by atoms with van der Waals surface area (Å²) in [6, 6.07) is 10.8. The molecule has 3 aromatic rings. The first-order valence-electron chi connectivity index (χ1n) is 7.24. The number of pyridine rings is 1. The Morgan fingerprint density at radius 2 is 1.92 bits per heavy atom. The van der Waals surface area contributed by atoms with E-state index >= 15 is 0 Å². The largest absolute Gasteiger partial charge is 0.465 e. The van der Waals surface area contributed by atoms with Gasteiger partial charge in [-0.3, -0.25) is 4.40 Å². The third-order valence-electron chi connectivity index (χ3n) is 3.43. The van der Waals surface area contributed by atoms with Gasteiger partial charge in [-0.15, -0.1) is 0 Å². The average molecular weight is 341 g/mol. The molecule has 0 saturated carbocycles. The molecule has 0 N–H and O–H groups in total. The van der Waals surface area contributed by atoms with E-state index in [2.05, 4.69) is 14.7 Å². The molecule has 1 aromatic carbocycles. The van der Waals surface area contributed by atoms with E-state index in [4.69, 9.17) is 0 Å². The Kier molecular flexibility index (Phi) is 4.61. The van der Waals surface area contributed by atoms with E-state index in [1.165, 1.54) is 23.3 Å². The van der Waals surface area contributed by atoms with Crippen LogP contribution < -0.4 is 5.69 Å². The highest BCUT2D eigenvalue weighted by Gasteiger charge is 2.07. The van der Waals surface area contributed by atoms with Gasteiger partial charge in [-0.2, -0.15) is 4.98 Å². The number of fused-ring (bicyclic) bond motifs is 1. The minimum atomic E-state index is -0.365. The fraction of sp³-hybridized carbons (Fsp3) is 0.176. The molecule has 2 aromatic heterocycles. The van der Waals surface area contributed by atoms with Crippen molar-refractivity contribution in [1.29, 1.82) is 0 Å². The van der Waals surface area contributed by atoms with E-state index in [1.807, 2.05) is 25.1 Å². The van der Waals surface area contributed by atoms with Crippen LogP contribution in [0.4, 0.5) is 0 Å². The van der Waals surface area contributed by atoms with Crippen molar-refractivity contribution in [3.05, 3.63) is 69.8 Å². The van der Waals surface area contributed by atoms with Crippen molar-refractivity contribution in [2.24, 2.45) is 0 Å². The summed E-state index contributed by atoms with van der Waals surface area (Å²) in [7, 11) is 1.35. The summed E-state index contributed by atoms with van der Waals surface area (Å²) in [5, 5.41) is 0.431. The molecule has 0 fully saturated rings. The van der Waals surface area contributed by atoms with E-state index in [0.29, 0.717) is 22.1 Å². The molecular formula is C17H15N3O3S. The Morgan fingerprint density at radius 3 is 2.62 bits per heavy atom. The number of ether oxygens (including phenoxy) is 1. The van der Waals surface area contributed by atoms with E-state index < -0.39 is 0 Å². The van der Waals surface area contributed by atoms with Gasteiger partial charge in [0.25, 0.3) is 0 Å². The molecule has 0 amide bonds. The molecule has 7 heteroatoms. The highest BCUT2D eigenvalue weighted by molar-refractivity contribution is 7.98. The molecular weight excluding hydrogens is 326 g/mol. The quantitative estimate of drug-likeness (QED) is 0.536. The predicted octanol–water partition coefficient (Wildman–Crippen LogP) is 2.48. The Hall–Kier alpha value is -2.67. The molecule has 0 unspecified atom stereocenters. The van der Waals surface area contributed by atoms with E-state index in [9.17, 15) is 9.59 Å². The van der Waals surface area contributed by atoms with E-state index in [1.54, 1.807) is 24.4 Å². The molecule has 0 atom stereocenters. The van der Waals surface area contributed by atoms with Crippen molar-refractivity contribution >= 4 is 23.4 Å². The molecule has 2 heterocycles. The number of carbonyl (C=O) groups excluding carboxylic acids is 1. The maximum absolute atomic E-state index is 12.1. The van der Waals surface area contributed by atoms with Gasteiger partial charge < -0.3 is 4.74 Å². The van der Waals surface area contributed by atoms with Crippen molar-refractivity contribution in [1.82, 2.24) is 14.4 Å². The number of hydrogen-bond donors (Lipinski definition) is 0. The van der Waals surface area contributed by atoms with Gasteiger partial charge in [-0.25, -0.2) is 14.6 Å². The Labute approximate surface area is 142 Å². The van der Waals surface area contributed by atoms with Crippen LogP contribution in [0.15, 0.2) is 52.5 Å². The molecule has 0 radical (unpaired) electrons. The van der Waals surface area contributed by atoms with E-state index in [0.717, 1.165) is 11.1 Å². The van der Waals surface area contributed by atoms with Gasteiger partial charge >= 0.3 is 11.7 Å². The first kappa shape index (κ1) is 16.2. The van der Waals surface area contributed by atoms with Gasteiger partial charge in [0.15, 0.2) is 5.16 Å². The molecule has 0 aliphatic heterocycles. The summed E-state index contributed by atoms with van der Waals surface area (Å²) in [4.78, 5) is 31.9. The Morgan fingerprint density at radius 1 is 1.17 bits per heavy atom. The second-order valence-electron chi connectivity index (χ2n) is 5.20. The van der Waals surface area contributed by atoms with Crippen LogP contribution in [0.2, 0.25) is 0 Å². The monoisotopic (exact) mass is 341 g/mol. The number of carbonyl (C=O) groups is 1. The SMILES string of the molecule is COC(=O)c1ccc(CSc2nc(=O)n3cc(C)ccc3n2)cc1. The van der Waals surface area contributed by atoms with Crippen LogP contribution in [0.5, 0.6) is 0 Å². The number of aryl methyl sites for hydroxylation is 1. The zero-order valence-corrected chi connectivity index (χ0v) is 14.0. The van der Waals surface area contributed by atoms with Gasteiger partial charge in [-0.05, 0) is 36.2 Å². The number of rotatable bonds is 4. The van der Waals surface area contributed by atoms with Crippen LogP contribution in [0.1, 0.15) is 21.5 Å². The van der Waals surface area contributed by atoms with Crippen LogP contribution >= 0.6 is 11.8 Å². The van der Waals surface area contributed by atoms with Crippen molar-refractivity contribution in [3.63, 3.8) is 0 Å². The third-order valence-corrected chi connectivity index (χ3v) is 4.34. The second kappa shape index (κ2) is 6.84. The van der Waals surface area contributed by atoms with Gasteiger partial charge in [0, 0.05) is 11.9 Å². The number of esters is 1. The maximum Gasteiger partial charge on any atom is 0.355 e. The fourth-order valence-electron chi connectivity index (χ4n) is 2.17. The summed E-state index contributed by atoms with van der Waals surface area (Å²) in [6.07, 6.45) is 1.72. The number of aromatic nitrogens is 3. The molecule has 0 spiro atoms. The zero-order chi connectivity index (χ0) is 17.1. The normalized spacial score (nSPS) is 10.8. The number of thioether (sulfide) groups is 1. The molecule has 0 saturated heterocycles. The molecule has 24 heavy (non-hydrogen) atoms. The van der Waals surface area contributed by atoms with Crippen LogP contribution in [-0.4, -0.2) is 27.4 Å². The molecule has 6 nitrogen and oxygen atoms in total. The standard InChI is InChI=1S/C17H15N3O3S/c1-11-3-8-14-18-16(19-17(22)20(14)9-11)24-10-12-4-6-13(7-5-12)15(21)23-2/h3-9H,10H2,1-2H3. The molecule has 0 aliphatic carbocycles. The van der Waals surface area contributed by atoms with E-state index in [-0.39, 0.29) is 11.7 Å². The lowest BCUT2D eigenvalue weighted by atomic mass is 10.1. The highest BCUT2D eigenvalue weighted by Crippen LogP contribution is 2.19. The first-order valence-corrected chi connectivity index (χ1v) is 8.22. The van der Waals surface area contributed by atoms with Crippen LogP contribution in [0.3, 0.4) is 0 Å². The lowest BCUT2D eigenvalue weighted by Gasteiger charge is -2.05. The molecule has 0 aliphatic rings. The number of nitrogens with zero attached hydrogens (tertiary/aromatic N) is 3. The minimum Gasteiger partial charge on any atom is -0.465 e. The summed E-state index contributed by atoms with van der Waals surface area (Å²) < 4.78 is 6.10. The summed E-state index contributed by atoms with van der Waals surface area (Å²) in [5.74, 6) is 0.235. The summed E-state index contributed by atoms with van der Waals surface area (Å²) >= 11 is 1.37. The molecule has 0 bridgehead atoms. The lowest BCUT2D eigenvalue weighted by molar-refractivity contribution is 0.0600. The van der Waals surface area contributed by atoms with Crippen molar-refractivity contribution in [3.8, 4) is 0 Å². The predicted molar refractivity (Wildman–Crippen MR) is 91.3 cm³/mol. The van der Waals surface area contributed by atoms with Crippen LogP contribution in [0, 0.1) is 6.92 Å². The summed E-state index contributed by atoms with van der Waals surface area (Å²) in [5.41, 5.74) is 2.71. The van der Waals surface area contributed by atoms with Crippen molar-refractivity contribution < 1.29 is 9.53 Å². The zero-order valence-electron chi connectivity index (χ0n) is 13.2. The lowest BCUT2D eigenvalue weighted by Crippen LogP contribution is -2.19. The number of methoxy groups -OCH3 is 1. The van der Waals surface area contributed by atoms with Gasteiger partial charge in [0.2, 0.25) is 0 Å². The maximum atomic E-state index is 12.1. The number of benzene rings is 1. The minimum absolute atomic E-state index is 0.341. The van der Waals surface area contributed by atoms with Gasteiger partial charge in [0.05, 0.1) is 12.7 Å². The fourth-order valence-corrected chi connectivity index (χ4v) is 2.96. The first-order chi connectivity index (χ1) is 11.6. The topological polar surface area (TPSA) is 73.6 Å². The summed E-state index contributed by atoms with van der Waals surface area (Å²) in [6.45, 7) is 1.91. The van der Waals surface area contributed by atoms with Crippen LogP contribution in [-0.2, 0) is 10.5 Å². The smallest absolute Gasteiger partial charge is 0.355 e. The molecule has 122 valence electrons. The Bertz CT molecular complexity index is 951. The third kappa shape index (κ3) is 3.46. The van der Waals surface area contributed by atoms with Crippen LogP contribution in [0.25, 0.3) is 5.65 Å². The highest BCUT2D eigenvalue weighted by atomic mass is 32.2. The van der Waals surface area contributed by atoms with Gasteiger partial charge in [-0.1, -0.05) is 30.0 Å². The Balaban J connectivity index is 1.77.